The van der Waals surface area contributed by atoms with Crippen LogP contribution >= 0.6 is 0 Å². The number of amides is 1. The van der Waals surface area contributed by atoms with Crippen molar-refractivity contribution in [3.8, 4) is 0 Å². The van der Waals surface area contributed by atoms with E-state index in [9.17, 15) is 9.59 Å². The first-order valence-corrected chi connectivity index (χ1v) is 7.07. The molecule has 1 aromatic carbocycles. The van der Waals surface area contributed by atoms with E-state index in [4.69, 9.17) is 4.74 Å². The maximum absolute atomic E-state index is 12.2. The van der Waals surface area contributed by atoms with Crippen molar-refractivity contribution in [3.05, 3.63) is 69.6 Å². The number of nitrogens with zero attached hydrogens (tertiary/aromatic N) is 1. The number of hydrogen-bond donors (Lipinski definition) is 1. The van der Waals surface area contributed by atoms with Gasteiger partial charge in [-0.2, -0.15) is 0 Å². The van der Waals surface area contributed by atoms with Gasteiger partial charge in [-0.3, -0.25) is 9.59 Å². The van der Waals surface area contributed by atoms with Crippen LogP contribution in [0.25, 0.3) is 0 Å². The molecular formula is C17H20N2O3. The van der Waals surface area contributed by atoms with E-state index in [0.29, 0.717) is 6.54 Å². The van der Waals surface area contributed by atoms with E-state index < -0.39 is 5.91 Å². The molecule has 1 heterocycles. The highest BCUT2D eigenvalue weighted by Gasteiger charge is 2.15. The summed E-state index contributed by atoms with van der Waals surface area (Å²) in [6.45, 7) is 2.12. The Morgan fingerprint density at radius 3 is 2.55 bits per heavy atom. The molecule has 1 atom stereocenters. The highest BCUT2D eigenvalue weighted by atomic mass is 16.5. The zero-order chi connectivity index (χ0) is 16.1. The monoisotopic (exact) mass is 300 g/mol. The minimum atomic E-state index is -0.390. The summed E-state index contributed by atoms with van der Waals surface area (Å²) in [5, 5.41) is 2.76. The molecule has 0 saturated carbocycles. The van der Waals surface area contributed by atoms with Gasteiger partial charge in [0.15, 0.2) is 0 Å². The normalized spacial score (nSPS) is 12.0. The Labute approximate surface area is 129 Å². The summed E-state index contributed by atoms with van der Waals surface area (Å²) in [6, 6.07) is 12.9. The predicted molar refractivity (Wildman–Crippen MR) is 84.9 cm³/mol. The van der Waals surface area contributed by atoms with Gasteiger partial charge < -0.3 is 14.6 Å². The molecule has 0 bridgehead atoms. The van der Waals surface area contributed by atoms with Gasteiger partial charge in [-0.05, 0) is 24.6 Å². The van der Waals surface area contributed by atoms with Crippen molar-refractivity contribution >= 4 is 5.91 Å². The summed E-state index contributed by atoms with van der Waals surface area (Å²) in [7, 11) is 3.24. The molecule has 22 heavy (non-hydrogen) atoms. The number of aromatic nitrogens is 1. The molecule has 0 aliphatic rings. The van der Waals surface area contributed by atoms with Crippen molar-refractivity contribution in [3.63, 3.8) is 0 Å². The summed E-state index contributed by atoms with van der Waals surface area (Å²) >= 11 is 0. The van der Waals surface area contributed by atoms with Crippen LogP contribution in [0, 0.1) is 6.92 Å². The lowest BCUT2D eigenvalue weighted by Gasteiger charge is -2.16. The third-order valence-corrected chi connectivity index (χ3v) is 3.70. The first kappa shape index (κ1) is 16.0. The van der Waals surface area contributed by atoms with Crippen molar-refractivity contribution in [2.75, 3.05) is 13.7 Å². The molecule has 2 aromatic rings. The third-order valence-electron chi connectivity index (χ3n) is 3.70. The summed E-state index contributed by atoms with van der Waals surface area (Å²) in [6.07, 6.45) is -0.251. The smallest absolute Gasteiger partial charge is 0.263 e. The minimum Gasteiger partial charge on any atom is -0.375 e. The number of methoxy groups -OCH3 is 1. The van der Waals surface area contributed by atoms with E-state index in [1.807, 2.05) is 37.3 Å². The molecule has 0 radical (unpaired) electrons. The van der Waals surface area contributed by atoms with Gasteiger partial charge in [0.2, 0.25) is 0 Å². The predicted octanol–water partition coefficient (Wildman–Crippen LogP) is 1.81. The second-order valence-electron chi connectivity index (χ2n) is 5.10. The van der Waals surface area contributed by atoms with Crippen LogP contribution in [0.3, 0.4) is 0 Å². The van der Waals surface area contributed by atoms with E-state index in [2.05, 4.69) is 5.32 Å². The molecule has 0 spiro atoms. The largest absolute Gasteiger partial charge is 0.375 e. The van der Waals surface area contributed by atoms with Gasteiger partial charge in [0.1, 0.15) is 5.56 Å². The SMILES string of the molecule is CO[C@@H](CNC(=O)c1ccc(C)n(C)c1=O)c1ccccc1. The number of pyridine rings is 1. The number of ether oxygens (including phenoxy) is 1. The van der Waals surface area contributed by atoms with E-state index in [1.165, 1.54) is 4.57 Å². The van der Waals surface area contributed by atoms with Crippen LogP contribution in [-0.2, 0) is 11.8 Å². The quantitative estimate of drug-likeness (QED) is 0.916. The molecular weight excluding hydrogens is 280 g/mol. The fourth-order valence-electron chi connectivity index (χ4n) is 2.19. The molecule has 0 unspecified atom stereocenters. The molecule has 0 aliphatic heterocycles. The first-order valence-electron chi connectivity index (χ1n) is 7.07. The van der Waals surface area contributed by atoms with Gasteiger partial charge in [0.25, 0.3) is 11.5 Å². The van der Waals surface area contributed by atoms with Gasteiger partial charge in [0, 0.05) is 26.4 Å². The second-order valence-corrected chi connectivity index (χ2v) is 5.10. The Hall–Kier alpha value is -2.40. The van der Waals surface area contributed by atoms with Crippen LogP contribution < -0.4 is 10.9 Å². The Kier molecular flexibility index (Phi) is 5.12. The van der Waals surface area contributed by atoms with Crippen LogP contribution in [0.5, 0.6) is 0 Å². The number of carbonyl (C=O) groups is 1. The molecule has 0 saturated heterocycles. The topological polar surface area (TPSA) is 60.3 Å². The first-order chi connectivity index (χ1) is 10.5. The van der Waals surface area contributed by atoms with Crippen LogP contribution in [0.4, 0.5) is 0 Å². The molecule has 1 aromatic heterocycles. The Morgan fingerprint density at radius 2 is 1.91 bits per heavy atom. The van der Waals surface area contributed by atoms with Gasteiger partial charge in [0.05, 0.1) is 6.10 Å². The van der Waals surface area contributed by atoms with E-state index in [-0.39, 0.29) is 17.2 Å². The molecule has 1 N–H and O–H groups in total. The Bertz CT molecular complexity index is 708. The molecule has 1 amide bonds. The lowest BCUT2D eigenvalue weighted by Crippen LogP contribution is -2.35. The zero-order valence-electron chi connectivity index (χ0n) is 13.0. The fourth-order valence-corrected chi connectivity index (χ4v) is 2.19. The van der Waals surface area contributed by atoms with Crippen molar-refractivity contribution < 1.29 is 9.53 Å². The number of benzene rings is 1. The highest BCUT2D eigenvalue weighted by molar-refractivity contribution is 5.93. The molecule has 0 fully saturated rings. The van der Waals surface area contributed by atoms with Crippen molar-refractivity contribution in [2.24, 2.45) is 7.05 Å². The fraction of sp³-hybridized carbons (Fsp3) is 0.294. The molecule has 116 valence electrons. The van der Waals surface area contributed by atoms with E-state index in [1.54, 1.807) is 26.3 Å². The summed E-state index contributed by atoms with van der Waals surface area (Å²) in [4.78, 5) is 24.3. The van der Waals surface area contributed by atoms with Crippen LogP contribution in [0.15, 0.2) is 47.3 Å². The Balaban J connectivity index is 2.10. The molecule has 0 aliphatic carbocycles. The average Bonchev–Trinajstić information content (AvgIpc) is 2.54. The summed E-state index contributed by atoms with van der Waals surface area (Å²) in [5.41, 5.74) is 1.62. The summed E-state index contributed by atoms with van der Waals surface area (Å²) in [5.74, 6) is -0.390. The summed E-state index contributed by atoms with van der Waals surface area (Å²) < 4.78 is 6.86. The number of nitrogens with one attached hydrogen (secondary N) is 1. The molecule has 5 heteroatoms. The van der Waals surface area contributed by atoms with Crippen molar-refractivity contribution in [1.82, 2.24) is 9.88 Å². The lowest BCUT2D eigenvalue weighted by atomic mass is 10.1. The second kappa shape index (κ2) is 7.04. The number of aryl methyl sites for hydroxylation is 1. The minimum absolute atomic E-state index is 0.135. The van der Waals surface area contributed by atoms with Gasteiger partial charge in [-0.1, -0.05) is 30.3 Å². The maximum Gasteiger partial charge on any atom is 0.263 e. The van der Waals surface area contributed by atoms with Crippen LogP contribution in [-0.4, -0.2) is 24.1 Å². The van der Waals surface area contributed by atoms with Crippen LogP contribution in [0.1, 0.15) is 27.7 Å². The Morgan fingerprint density at radius 1 is 1.23 bits per heavy atom. The highest BCUT2D eigenvalue weighted by Crippen LogP contribution is 2.14. The van der Waals surface area contributed by atoms with Crippen LogP contribution in [0.2, 0.25) is 0 Å². The van der Waals surface area contributed by atoms with E-state index >= 15 is 0 Å². The number of hydrogen-bond acceptors (Lipinski definition) is 3. The number of rotatable bonds is 5. The molecule has 2 rings (SSSR count). The lowest BCUT2D eigenvalue weighted by molar-refractivity contribution is 0.0826. The maximum atomic E-state index is 12.2. The van der Waals surface area contributed by atoms with Crippen molar-refractivity contribution in [2.45, 2.75) is 13.0 Å². The van der Waals surface area contributed by atoms with Gasteiger partial charge in [-0.15, -0.1) is 0 Å². The van der Waals surface area contributed by atoms with E-state index in [0.717, 1.165) is 11.3 Å². The van der Waals surface area contributed by atoms with Gasteiger partial charge in [-0.25, -0.2) is 0 Å². The molecule has 5 nitrogen and oxygen atoms in total. The third kappa shape index (κ3) is 3.43. The number of carbonyl (C=O) groups excluding carboxylic acids is 1. The van der Waals surface area contributed by atoms with Gasteiger partial charge >= 0.3 is 0 Å². The zero-order valence-corrected chi connectivity index (χ0v) is 13.0. The van der Waals surface area contributed by atoms with Crippen molar-refractivity contribution in [1.29, 1.82) is 0 Å². The standard InChI is InChI=1S/C17H20N2O3/c1-12-9-10-14(17(21)19(12)2)16(20)18-11-15(22-3)13-7-5-4-6-8-13/h4-10,15H,11H2,1-3H3,(H,18,20)/t15-/m0/s1. The average molecular weight is 300 g/mol.